The highest BCUT2D eigenvalue weighted by atomic mass is 35.5. The third-order valence-corrected chi connectivity index (χ3v) is 3.22. The van der Waals surface area contributed by atoms with E-state index >= 15 is 0 Å². The number of hydrogen-bond donors (Lipinski definition) is 2. The lowest BCUT2D eigenvalue weighted by Gasteiger charge is -2.23. The van der Waals surface area contributed by atoms with E-state index in [2.05, 4.69) is 10.6 Å². The minimum absolute atomic E-state index is 0. The summed E-state index contributed by atoms with van der Waals surface area (Å²) in [5.74, 6) is 0.694. The molecule has 16 heavy (non-hydrogen) atoms. The number of carbonyl (C=O) groups excluding carboxylic acids is 1. The standard InChI is InChI=1S/C11H20N2O2.ClH/c14-11(10-3-1-2-5-12-10)13-7-9-4-6-15-8-9;/h9-10,12H,1-8H2,(H,13,14);1H. The Kier molecular flexibility index (Phi) is 6.09. The third kappa shape index (κ3) is 3.92. The van der Waals surface area contributed by atoms with Gasteiger partial charge in [0.2, 0.25) is 5.91 Å². The van der Waals surface area contributed by atoms with Gasteiger partial charge in [-0.2, -0.15) is 0 Å². The maximum Gasteiger partial charge on any atom is 0.237 e. The number of amides is 1. The van der Waals surface area contributed by atoms with Crippen LogP contribution in [0.3, 0.4) is 0 Å². The molecule has 2 atom stereocenters. The van der Waals surface area contributed by atoms with Gasteiger partial charge in [0.15, 0.2) is 0 Å². The van der Waals surface area contributed by atoms with Gasteiger partial charge >= 0.3 is 0 Å². The van der Waals surface area contributed by atoms with E-state index in [1.165, 1.54) is 6.42 Å². The summed E-state index contributed by atoms with van der Waals surface area (Å²) >= 11 is 0. The van der Waals surface area contributed by atoms with E-state index in [1.54, 1.807) is 0 Å². The van der Waals surface area contributed by atoms with Crippen molar-refractivity contribution >= 4 is 18.3 Å². The Morgan fingerprint density at radius 1 is 1.38 bits per heavy atom. The molecule has 2 N–H and O–H groups in total. The van der Waals surface area contributed by atoms with Crippen LogP contribution >= 0.6 is 12.4 Å². The van der Waals surface area contributed by atoms with E-state index in [-0.39, 0.29) is 24.4 Å². The molecule has 0 aromatic rings. The van der Waals surface area contributed by atoms with Crippen LogP contribution < -0.4 is 10.6 Å². The molecule has 0 spiro atoms. The first-order valence-corrected chi connectivity index (χ1v) is 5.95. The SMILES string of the molecule is Cl.O=C(NCC1CCOC1)C1CCCCN1. The van der Waals surface area contributed by atoms with Crippen LogP contribution in [0, 0.1) is 5.92 Å². The lowest BCUT2D eigenvalue weighted by molar-refractivity contribution is -0.123. The second-order valence-corrected chi connectivity index (χ2v) is 4.48. The Morgan fingerprint density at radius 2 is 2.25 bits per heavy atom. The molecule has 4 nitrogen and oxygen atoms in total. The molecule has 0 radical (unpaired) electrons. The van der Waals surface area contributed by atoms with E-state index in [0.29, 0.717) is 5.92 Å². The van der Waals surface area contributed by atoms with Gasteiger partial charge in [-0.3, -0.25) is 4.79 Å². The van der Waals surface area contributed by atoms with Crippen molar-refractivity contribution in [2.24, 2.45) is 5.92 Å². The van der Waals surface area contributed by atoms with Gasteiger partial charge in [-0.15, -0.1) is 12.4 Å². The van der Waals surface area contributed by atoms with Gasteiger partial charge in [-0.05, 0) is 25.8 Å². The Bertz CT molecular complexity index is 214. The average Bonchev–Trinajstić information content (AvgIpc) is 2.80. The molecule has 2 heterocycles. The van der Waals surface area contributed by atoms with Crippen molar-refractivity contribution in [1.29, 1.82) is 0 Å². The number of nitrogens with one attached hydrogen (secondary N) is 2. The van der Waals surface area contributed by atoms with Crippen molar-refractivity contribution in [3.05, 3.63) is 0 Å². The van der Waals surface area contributed by atoms with Crippen LogP contribution in [-0.4, -0.2) is 38.3 Å². The zero-order chi connectivity index (χ0) is 10.5. The highest BCUT2D eigenvalue weighted by Crippen LogP contribution is 2.11. The number of piperidine rings is 1. The van der Waals surface area contributed by atoms with Crippen molar-refractivity contribution in [2.75, 3.05) is 26.3 Å². The third-order valence-electron chi connectivity index (χ3n) is 3.22. The molecule has 2 fully saturated rings. The van der Waals surface area contributed by atoms with Crippen molar-refractivity contribution in [2.45, 2.75) is 31.7 Å². The van der Waals surface area contributed by atoms with Crippen LogP contribution in [-0.2, 0) is 9.53 Å². The molecule has 0 aromatic carbocycles. The van der Waals surface area contributed by atoms with E-state index < -0.39 is 0 Å². The van der Waals surface area contributed by atoms with E-state index in [9.17, 15) is 4.79 Å². The lowest BCUT2D eigenvalue weighted by Crippen LogP contribution is -2.47. The Morgan fingerprint density at radius 3 is 2.88 bits per heavy atom. The lowest BCUT2D eigenvalue weighted by atomic mass is 10.0. The summed E-state index contributed by atoms with van der Waals surface area (Å²) in [4.78, 5) is 11.7. The zero-order valence-corrected chi connectivity index (χ0v) is 10.4. The van der Waals surface area contributed by atoms with Crippen LogP contribution in [0.5, 0.6) is 0 Å². The van der Waals surface area contributed by atoms with Gasteiger partial charge in [0.05, 0.1) is 12.6 Å². The molecular weight excluding hydrogens is 228 g/mol. The molecule has 0 aromatic heterocycles. The zero-order valence-electron chi connectivity index (χ0n) is 9.54. The molecule has 2 rings (SSSR count). The largest absolute Gasteiger partial charge is 0.381 e. The predicted octanol–water partition coefficient (Wildman–Crippen LogP) is 0.703. The molecule has 94 valence electrons. The number of carbonyl (C=O) groups is 1. The Labute approximate surface area is 103 Å². The van der Waals surface area contributed by atoms with Gasteiger partial charge in [0.1, 0.15) is 0 Å². The van der Waals surface area contributed by atoms with Gasteiger partial charge in [0, 0.05) is 19.1 Å². The van der Waals surface area contributed by atoms with Gasteiger partial charge in [-0.1, -0.05) is 6.42 Å². The summed E-state index contributed by atoms with van der Waals surface area (Å²) < 4.78 is 5.27. The monoisotopic (exact) mass is 248 g/mol. The summed E-state index contributed by atoms with van der Waals surface area (Å²) in [6.45, 7) is 3.40. The number of halogens is 1. The summed E-state index contributed by atoms with van der Waals surface area (Å²) in [5, 5.41) is 6.26. The van der Waals surface area contributed by atoms with Crippen LogP contribution in [0.1, 0.15) is 25.7 Å². The normalized spacial score (nSPS) is 29.5. The number of hydrogen-bond acceptors (Lipinski definition) is 3. The van der Waals surface area contributed by atoms with Crippen LogP contribution in [0.15, 0.2) is 0 Å². The quantitative estimate of drug-likeness (QED) is 0.773. The topological polar surface area (TPSA) is 50.4 Å². The van der Waals surface area contributed by atoms with Crippen LogP contribution in [0.4, 0.5) is 0 Å². The minimum Gasteiger partial charge on any atom is -0.381 e. The Hall–Kier alpha value is -0.320. The molecule has 2 saturated heterocycles. The highest BCUT2D eigenvalue weighted by molar-refractivity contribution is 5.85. The molecule has 0 aliphatic carbocycles. The summed E-state index contributed by atoms with van der Waals surface area (Å²) in [7, 11) is 0. The molecule has 0 bridgehead atoms. The maximum atomic E-state index is 11.7. The van der Waals surface area contributed by atoms with Crippen molar-refractivity contribution in [1.82, 2.24) is 10.6 Å². The maximum absolute atomic E-state index is 11.7. The second kappa shape index (κ2) is 7.09. The molecule has 2 unspecified atom stereocenters. The van der Waals surface area contributed by atoms with Crippen LogP contribution in [0.25, 0.3) is 0 Å². The summed E-state index contributed by atoms with van der Waals surface area (Å²) in [6.07, 6.45) is 4.42. The fraction of sp³-hybridized carbons (Fsp3) is 0.909. The molecular formula is C11H21ClN2O2. The fourth-order valence-corrected chi connectivity index (χ4v) is 2.19. The minimum atomic E-state index is 0. The first-order valence-electron chi connectivity index (χ1n) is 5.95. The van der Waals surface area contributed by atoms with Crippen LogP contribution in [0.2, 0.25) is 0 Å². The first kappa shape index (κ1) is 13.7. The number of rotatable bonds is 3. The first-order chi connectivity index (χ1) is 7.36. The number of ether oxygens (including phenoxy) is 1. The average molecular weight is 249 g/mol. The smallest absolute Gasteiger partial charge is 0.237 e. The second-order valence-electron chi connectivity index (χ2n) is 4.48. The van der Waals surface area contributed by atoms with Gasteiger partial charge < -0.3 is 15.4 Å². The van der Waals surface area contributed by atoms with Gasteiger partial charge in [-0.25, -0.2) is 0 Å². The molecule has 2 aliphatic heterocycles. The molecule has 1 amide bonds. The predicted molar refractivity (Wildman–Crippen MR) is 64.8 cm³/mol. The fourth-order valence-electron chi connectivity index (χ4n) is 2.19. The van der Waals surface area contributed by atoms with Gasteiger partial charge in [0.25, 0.3) is 0 Å². The van der Waals surface area contributed by atoms with E-state index in [4.69, 9.17) is 4.74 Å². The summed E-state index contributed by atoms with van der Waals surface area (Å²) in [6, 6.07) is 0.0427. The van der Waals surface area contributed by atoms with Crippen molar-refractivity contribution < 1.29 is 9.53 Å². The highest BCUT2D eigenvalue weighted by Gasteiger charge is 2.22. The van der Waals surface area contributed by atoms with E-state index in [1.807, 2.05) is 0 Å². The van der Waals surface area contributed by atoms with E-state index in [0.717, 1.165) is 45.6 Å². The van der Waals surface area contributed by atoms with Crippen molar-refractivity contribution in [3.63, 3.8) is 0 Å². The molecule has 5 heteroatoms. The molecule has 0 saturated carbocycles. The molecule has 2 aliphatic rings. The summed E-state index contributed by atoms with van der Waals surface area (Å²) in [5.41, 5.74) is 0. The Balaban J connectivity index is 0.00000128. The van der Waals surface area contributed by atoms with Crippen molar-refractivity contribution in [3.8, 4) is 0 Å².